The van der Waals surface area contributed by atoms with Crippen molar-refractivity contribution in [3.63, 3.8) is 0 Å². The predicted octanol–water partition coefficient (Wildman–Crippen LogP) is 4.11. The second kappa shape index (κ2) is 6.10. The third kappa shape index (κ3) is 3.24. The van der Waals surface area contributed by atoms with Crippen molar-refractivity contribution in [3.05, 3.63) is 35.9 Å². The summed E-state index contributed by atoms with van der Waals surface area (Å²) in [5.74, 6) is 0.658. The summed E-state index contributed by atoms with van der Waals surface area (Å²) in [4.78, 5) is 11.7. The van der Waals surface area contributed by atoms with Crippen LogP contribution in [0.4, 0.5) is 0 Å². The van der Waals surface area contributed by atoms with Crippen LogP contribution in [-0.2, 0) is 9.53 Å². The zero-order valence-corrected chi connectivity index (χ0v) is 13.6. The van der Waals surface area contributed by atoms with Crippen LogP contribution < -0.4 is 4.74 Å². The molecule has 1 aliphatic carbocycles. The zero-order chi connectivity index (χ0) is 15.6. The molecule has 1 saturated carbocycles. The molecule has 1 aliphatic rings. The van der Waals surface area contributed by atoms with E-state index in [0.717, 1.165) is 11.3 Å². The molecule has 0 amide bonds. The van der Waals surface area contributed by atoms with E-state index in [4.69, 9.17) is 21.1 Å². The molecule has 1 aromatic rings. The smallest absolute Gasteiger partial charge is 0.309 e. The summed E-state index contributed by atoms with van der Waals surface area (Å²) >= 11 is 6.38. The summed E-state index contributed by atoms with van der Waals surface area (Å²) in [6.07, 6.45) is 1.96. The van der Waals surface area contributed by atoms with Gasteiger partial charge < -0.3 is 9.47 Å². The Kier molecular flexibility index (Phi) is 4.62. The standard InChI is InChI=1S/C17H21ClO3/c1-5-21-12-8-6-11(7-9-12)14(18)10-13-15(16(19)20-4)17(13,2)3/h6-10,13,15H,5H2,1-4H3. The number of carbonyl (C=O) groups excluding carboxylic acids is 1. The Balaban J connectivity index is 2.13. The summed E-state index contributed by atoms with van der Waals surface area (Å²) in [5, 5.41) is 0.655. The quantitative estimate of drug-likeness (QED) is 0.768. The summed E-state index contributed by atoms with van der Waals surface area (Å²) in [6, 6.07) is 7.63. The van der Waals surface area contributed by atoms with Gasteiger partial charge in [-0.15, -0.1) is 0 Å². The van der Waals surface area contributed by atoms with Gasteiger partial charge in [0.1, 0.15) is 5.75 Å². The lowest BCUT2D eigenvalue weighted by atomic mass is 10.1. The normalized spacial score (nSPS) is 23.6. The lowest BCUT2D eigenvalue weighted by Gasteiger charge is -2.04. The van der Waals surface area contributed by atoms with Gasteiger partial charge in [0.15, 0.2) is 0 Å². The van der Waals surface area contributed by atoms with Gasteiger partial charge >= 0.3 is 5.97 Å². The number of allylic oxidation sites excluding steroid dienone is 1. The van der Waals surface area contributed by atoms with E-state index >= 15 is 0 Å². The summed E-state index contributed by atoms with van der Waals surface area (Å²) < 4.78 is 10.2. The first-order valence-electron chi connectivity index (χ1n) is 7.10. The van der Waals surface area contributed by atoms with Gasteiger partial charge in [-0.1, -0.05) is 31.5 Å². The second-order valence-corrected chi connectivity index (χ2v) is 6.23. The molecule has 4 heteroatoms. The Hall–Kier alpha value is -1.48. The lowest BCUT2D eigenvalue weighted by Crippen LogP contribution is -2.07. The molecule has 0 bridgehead atoms. The van der Waals surface area contributed by atoms with Crippen molar-refractivity contribution in [1.82, 2.24) is 0 Å². The van der Waals surface area contributed by atoms with Crippen LogP contribution in [0.25, 0.3) is 5.03 Å². The monoisotopic (exact) mass is 308 g/mol. The van der Waals surface area contributed by atoms with Crippen LogP contribution in [0.15, 0.2) is 30.3 Å². The molecule has 0 heterocycles. The van der Waals surface area contributed by atoms with E-state index in [2.05, 4.69) is 13.8 Å². The maximum atomic E-state index is 11.7. The number of hydrogen-bond donors (Lipinski definition) is 0. The second-order valence-electron chi connectivity index (χ2n) is 5.82. The molecule has 3 nitrogen and oxygen atoms in total. The Labute approximate surface area is 130 Å². The number of rotatable bonds is 5. The van der Waals surface area contributed by atoms with E-state index in [0.29, 0.717) is 11.6 Å². The fourth-order valence-electron chi connectivity index (χ4n) is 2.70. The van der Waals surface area contributed by atoms with Gasteiger partial charge in [0.2, 0.25) is 0 Å². The van der Waals surface area contributed by atoms with Gasteiger partial charge in [0.05, 0.1) is 19.6 Å². The van der Waals surface area contributed by atoms with Crippen LogP contribution in [0.5, 0.6) is 5.75 Å². The number of benzene rings is 1. The van der Waals surface area contributed by atoms with Crippen LogP contribution in [0, 0.1) is 17.3 Å². The summed E-state index contributed by atoms with van der Waals surface area (Å²) in [7, 11) is 1.42. The highest BCUT2D eigenvalue weighted by molar-refractivity contribution is 6.48. The first-order valence-corrected chi connectivity index (χ1v) is 7.48. The Morgan fingerprint density at radius 3 is 2.48 bits per heavy atom. The van der Waals surface area contributed by atoms with E-state index in [1.165, 1.54) is 7.11 Å². The topological polar surface area (TPSA) is 35.5 Å². The van der Waals surface area contributed by atoms with Crippen molar-refractivity contribution < 1.29 is 14.3 Å². The lowest BCUT2D eigenvalue weighted by molar-refractivity contribution is -0.143. The van der Waals surface area contributed by atoms with Crippen molar-refractivity contribution in [1.29, 1.82) is 0 Å². The molecule has 2 atom stereocenters. The molecule has 0 aromatic heterocycles. The highest BCUT2D eigenvalue weighted by Gasteiger charge is 2.61. The fourth-order valence-corrected chi connectivity index (χ4v) is 2.96. The van der Waals surface area contributed by atoms with E-state index in [-0.39, 0.29) is 23.2 Å². The van der Waals surface area contributed by atoms with Crippen molar-refractivity contribution in [2.45, 2.75) is 20.8 Å². The largest absolute Gasteiger partial charge is 0.494 e. The van der Waals surface area contributed by atoms with Crippen LogP contribution >= 0.6 is 11.6 Å². The minimum atomic E-state index is -0.169. The molecule has 1 fully saturated rings. The van der Waals surface area contributed by atoms with Crippen molar-refractivity contribution in [3.8, 4) is 5.75 Å². The van der Waals surface area contributed by atoms with Crippen LogP contribution in [0.3, 0.4) is 0 Å². The van der Waals surface area contributed by atoms with Gasteiger partial charge in [-0.05, 0) is 48.1 Å². The average molecular weight is 309 g/mol. The minimum absolute atomic E-state index is 0.0987. The third-order valence-corrected chi connectivity index (χ3v) is 4.48. The molecular formula is C17H21ClO3. The van der Waals surface area contributed by atoms with E-state index < -0.39 is 0 Å². The van der Waals surface area contributed by atoms with Gasteiger partial charge in [-0.3, -0.25) is 4.79 Å². The van der Waals surface area contributed by atoms with Gasteiger partial charge in [0, 0.05) is 5.03 Å². The molecule has 1 aromatic carbocycles. The molecule has 114 valence electrons. The summed E-state index contributed by atoms with van der Waals surface area (Å²) in [5.41, 5.74) is 0.824. The Morgan fingerprint density at radius 1 is 1.33 bits per heavy atom. The number of halogens is 1. The number of hydrogen-bond acceptors (Lipinski definition) is 3. The molecule has 2 unspecified atom stereocenters. The number of ether oxygens (including phenoxy) is 2. The first kappa shape index (κ1) is 15.9. The number of carbonyl (C=O) groups is 1. The van der Waals surface area contributed by atoms with Gasteiger partial charge in [0.25, 0.3) is 0 Å². The fraction of sp³-hybridized carbons (Fsp3) is 0.471. The van der Waals surface area contributed by atoms with E-state index in [1.54, 1.807) is 0 Å². The predicted molar refractivity (Wildman–Crippen MR) is 84.2 cm³/mol. The van der Waals surface area contributed by atoms with Crippen molar-refractivity contribution >= 4 is 22.6 Å². The summed E-state index contributed by atoms with van der Waals surface area (Å²) in [6.45, 7) is 6.69. The molecular weight excluding hydrogens is 288 g/mol. The van der Waals surface area contributed by atoms with Crippen LogP contribution in [-0.4, -0.2) is 19.7 Å². The first-order chi connectivity index (χ1) is 9.91. The maximum absolute atomic E-state index is 11.7. The highest BCUT2D eigenvalue weighted by Crippen LogP contribution is 2.60. The van der Waals surface area contributed by atoms with E-state index in [1.807, 2.05) is 37.3 Å². The molecule has 0 spiro atoms. The molecule has 0 radical (unpaired) electrons. The molecule has 0 aliphatic heterocycles. The average Bonchev–Trinajstić information content (AvgIpc) is 3.00. The molecule has 0 N–H and O–H groups in total. The van der Waals surface area contributed by atoms with Crippen LogP contribution in [0.1, 0.15) is 26.3 Å². The molecule has 21 heavy (non-hydrogen) atoms. The number of esters is 1. The zero-order valence-electron chi connectivity index (χ0n) is 12.9. The van der Waals surface area contributed by atoms with Crippen LogP contribution in [0.2, 0.25) is 0 Å². The van der Waals surface area contributed by atoms with E-state index in [9.17, 15) is 4.79 Å². The molecule has 0 saturated heterocycles. The number of methoxy groups -OCH3 is 1. The highest BCUT2D eigenvalue weighted by atomic mass is 35.5. The minimum Gasteiger partial charge on any atom is -0.494 e. The third-order valence-electron chi connectivity index (χ3n) is 4.13. The Morgan fingerprint density at radius 2 is 1.95 bits per heavy atom. The Bertz CT molecular complexity index is 546. The van der Waals surface area contributed by atoms with Crippen molar-refractivity contribution in [2.75, 3.05) is 13.7 Å². The molecule has 2 rings (SSSR count). The van der Waals surface area contributed by atoms with Gasteiger partial charge in [-0.2, -0.15) is 0 Å². The SMILES string of the molecule is CCOc1ccc(C(Cl)=CC2C(C(=O)OC)C2(C)C)cc1. The van der Waals surface area contributed by atoms with Crippen molar-refractivity contribution in [2.24, 2.45) is 17.3 Å². The van der Waals surface area contributed by atoms with Gasteiger partial charge in [-0.25, -0.2) is 0 Å². The maximum Gasteiger partial charge on any atom is 0.309 e.